The summed E-state index contributed by atoms with van der Waals surface area (Å²) in [5, 5.41) is -0.365. The van der Waals surface area contributed by atoms with Gasteiger partial charge in [-0.05, 0) is 23.7 Å². The molecule has 0 unspecified atom stereocenters. The average Bonchev–Trinajstić information content (AvgIpc) is 2.49. The predicted molar refractivity (Wildman–Crippen MR) is 87.5 cm³/mol. The smallest absolute Gasteiger partial charge is 0.310 e. The summed E-state index contributed by atoms with van der Waals surface area (Å²) in [6.45, 7) is 0. The number of rotatable bonds is 2. The number of methoxy groups -OCH3 is 2. The first-order valence-corrected chi connectivity index (χ1v) is 8.85. The van der Waals surface area contributed by atoms with Gasteiger partial charge in [-0.15, -0.1) is 11.6 Å². The Kier molecular flexibility index (Phi) is 4.59. The number of alkyl halides is 4. The lowest BCUT2D eigenvalue weighted by Gasteiger charge is -2.64. The van der Waals surface area contributed by atoms with Crippen molar-refractivity contribution in [3.63, 3.8) is 0 Å². The monoisotopic (exact) mass is 400 g/mol. The van der Waals surface area contributed by atoms with Crippen LogP contribution in [-0.2, 0) is 19.1 Å². The van der Waals surface area contributed by atoms with Crippen LogP contribution in [0.3, 0.4) is 0 Å². The van der Waals surface area contributed by atoms with Gasteiger partial charge < -0.3 is 9.47 Å². The Morgan fingerprint density at radius 1 is 0.913 bits per heavy atom. The summed E-state index contributed by atoms with van der Waals surface area (Å²) in [7, 11) is 2.61. The largest absolute Gasteiger partial charge is 0.469 e. The molecule has 128 valence electrons. The van der Waals surface area contributed by atoms with Gasteiger partial charge in [0.2, 0.25) is 0 Å². The highest BCUT2D eigenvalue weighted by molar-refractivity contribution is 6.68. The van der Waals surface area contributed by atoms with Crippen LogP contribution in [0.4, 0.5) is 0 Å². The Balaban J connectivity index is 2.01. The molecule has 4 aliphatic rings. The minimum absolute atomic E-state index is 0.0164. The van der Waals surface area contributed by atoms with Crippen molar-refractivity contribution in [2.45, 2.75) is 9.17 Å². The number of fused-ring (bicyclic) bond motifs is 1. The molecule has 4 rings (SSSR count). The lowest BCUT2D eigenvalue weighted by atomic mass is 9.43. The van der Waals surface area contributed by atoms with Gasteiger partial charge in [0.15, 0.2) is 3.79 Å². The van der Waals surface area contributed by atoms with E-state index >= 15 is 0 Å². The lowest BCUT2D eigenvalue weighted by molar-refractivity contribution is -0.178. The molecule has 0 radical (unpaired) electrons. The fourth-order valence-corrected chi connectivity index (χ4v) is 6.44. The van der Waals surface area contributed by atoms with Crippen LogP contribution in [0.2, 0.25) is 0 Å². The van der Waals surface area contributed by atoms with Crippen molar-refractivity contribution < 1.29 is 19.1 Å². The molecule has 0 aliphatic heterocycles. The number of hydrogen-bond donors (Lipinski definition) is 0. The van der Waals surface area contributed by atoms with Crippen LogP contribution >= 0.6 is 46.4 Å². The van der Waals surface area contributed by atoms with Crippen molar-refractivity contribution in [3.8, 4) is 0 Å². The van der Waals surface area contributed by atoms with E-state index in [4.69, 9.17) is 55.9 Å². The van der Waals surface area contributed by atoms with Gasteiger partial charge in [0.1, 0.15) is 0 Å². The number of ether oxygens (including phenoxy) is 2. The van der Waals surface area contributed by atoms with E-state index in [0.29, 0.717) is 0 Å². The fraction of sp³-hybridized carbons (Fsp3) is 0.733. The number of carbonyl (C=O) groups is 2. The Bertz CT molecular complexity index is 558. The number of allylic oxidation sites excluding steroid dienone is 2. The van der Waals surface area contributed by atoms with Crippen LogP contribution in [-0.4, -0.2) is 35.3 Å². The van der Waals surface area contributed by atoms with Crippen molar-refractivity contribution >= 4 is 58.3 Å². The van der Waals surface area contributed by atoms with Crippen LogP contribution in [0.15, 0.2) is 12.2 Å². The van der Waals surface area contributed by atoms with Gasteiger partial charge >= 0.3 is 11.9 Å². The third kappa shape index (κ3) is 2.48. The molecule has 0 saturated heterocycles. The summed E-state index contributed by atoms with van der Waals surface area (Å²) >= 11 is 24.8. The lowest BCUT2D eigenvalue weighted by Crippen LogP contribution is -2.67. The van der Waals surface area contributed by atoms with Gasteiger partial charge in [-0.2, -0.15) is 0 Å². The second-order valence-electron chi connectivity index (χ2n) is 6.30. The van der Waals surface area contributed by atoms with Crippen molar-refractivity contribution in [1.29, 1.82) is 0 Å². The van der Waals surface area contributed by atoms with Gasteiger partial charge in [0, 0.05) is 11.3 Å². The summed E-state index contributed by atoms with van der Waals surface area (Å²) in [5.74, 6) is -3.04. The normalized spacial score (nSPS) is 44.3. The minimum Gasteiger partial charge on any atom is -0.469 e. The Morgan fingerprint density at radius 2 is 1.35 bits per heavy atom. The van der Waals surface area contributed by atoms with Crippen LogP contribution in [0, 0.1) is 41.4 Å². The number of hydrogen-bond acceptors (Lipinski definition) is 4. The molecule has 0 aromatic rings. The highest BCUT2D eigenvalue weighted by Crippen LogP contribution is 2.67. The maximum Gasteiger partial charge on any atom is 0.310 e. The molecule has 0 aromatic carbocycles. The second kappa shape index (κ2) is 5.98. The molecular weight excluding hydrogens is 386 g/mol. The Morgan fingerprint density at radius 3 is 1.74 bits per heavy atom. The van der Waals surface area contributed by atoms with Gasteiger partial charge in [-0.1, -0.05) is 47.0 Å². The summed E-state index contributed by atoms with van der Waals surface area (Å²) < 4.78 is 8.30. The SMILES string of the molecule is COC(=O)[C@@H]1[C@H]2C=C[C@@H]([C@@H]1C(=O)OC)[C@@H]1[C@@H]2[C@@H](Cl)[C@@H]1C(Cl)(Cl)Cl. The molecule has 2 fully saturated rings. The summed E-state index contributed by atoms with van der Waals surface area (Å²) in [6.07, 6.45) is 3.87. The van der Waals surface area contributed by atoms with E-state index in [1.54, 1.807) is 0 Å². The topological polar surface area (TPSA) is 52.6 Å². The number of esters is 2. The quantitative estimate of drug-likeness (QED) is 0.405. The van der Waals surface area contributed by atoms with Crippen molar-refractivity contribution in [3.05, 3.63) is 12.2 Å². The zero-order valence-electron chi connectivity index (χ0n) is 12.4. The van der Waals surface area contributed by atoms with E-state index in [9.17, 15) is 9.59 Å². The fourth-order valence-electron chi connectivity index (χ4n) is 4.71. The van der Waals surface area contributed by atoms with Crippen LogP contribution in [0.5, 0.6) is 0 Å². The molecular formula is C15H16Cl4O4. The molecule has 8 heteroatoms. The van der Waals surface area contributed by atoms with Crippen molar-refractivity contribution in [2.24, 2.45) is 41.4 Å². The zero-order chi connectivity index (χ0) is 17.1. The predicted octanol–water partition coefficient (Wildman–Crippen LogP) is 3.22. The number of carbonyl (C=O) groups excluding carboxylic acids is 2. The third-order valence-corrected chi connectivity index (χ3v) is 6.87. The van der Waals surface area contributed by atoms with E-state index in [2.05, 4.69) is 0 Å². The first-order valence-electron chi connectivity index (χ1n) is 7.28. The van der Waals surface area contributed by atoms with Crippen molar-refractivity contribution in [1.82, 2.24) is 0 Å². The average molecular weight is 402 g/mol. The molecule has 0 spiro atoms. The zero-order valence-corrected chi connectivity index (χ0v) is 15.4. The molecule has 2 bridgehead atoms. The van der Waals surface area contributed by atoms with Gasteiger partial charge in [-0.3, -0.25) is 9.59 Å². The highest BCUT2D eigenvalue weighted by atomic mass is 35.6. The molecule has 0 aromatic heterocycles. The van der Waals surface area contributed by atoms with Crippen molar-refractivity contribution in [2.75, 3.05) is 14.2 Å². The van der Waals surface area contributed by atoms with Gasteiger partial charge in [0.05, 0.1) is 26.1 Å². The van der Waals surface area contributed by atoms with Crippen LogP contribution in [0.1, 0.15) is 0 Å². The first-order chi connectivity index (χ1) is 10.7. The maximum atomic E-state index is 12.3. The molecule has 0 heterocycles. The number of halogens is 4. The Hall–Kier alpha value is -0.160. The van der Waals surface area contributed by atoms with E-state index in [0.717, 1.165) is 0 Å². The summed E-state index contributed by atoms with van der Waals surface area (Å²) in [6, 6.07) is 0. The first kappa shape index (κ1) is 17.7. The van der Waals surface area contributed by atoms with E-state index in [1.165, 1.54) is 14.2 Å². The van der Waals surface area contributed by atoms with E-state index in [-0.39, 0.29) is 35.0 Å². The molecule has 0 amide bonds. The second-order valence-corrected chi connectivity index (χ2v) is 9.18. The summed E-state index contributed by atoms with van der Waals surface area (Å²) in [5.41, 5.74) is 0. The highest BCUT2D eigenvalue weighted by Gasteiger charge is 2.69. The van der Waals surface area contributed by atoms with Gasteiger partial charge in [0.25, 0.3) is 0 Å². The van der Waals surface area contributed by atoms with Gasteiger partial charge in [-0.25, -0.2) is 0 Å². The Labute approximate surface area is 154 Å². The third-order valence-electron chi connectivity index (χ3n) is 5.56. The van der Waals surface area contributed by atoms with E-state index in [1.807, 2.05) is 12.2 Å². The molecule has 8 atom stereocenters. The molecule has 0 N–H and O–H groups in total. The summed E-state index contributed by atoms with van der Waals surface area (Å²) in [4.78, 5) is 24.6. The molecule has 4 aliphatic carbocycles. The van der Waals surface area contributed by atoms with E-state index < -0.39 is 27.6 Å². The van der Waals surface area contributed by atoms with Crippen LogP contribution < -0.4 is 0 Å². The van der Waals surface area contributed by atoms with Crippen LogP contribution in [0.25, 0.3) is 0 Å². The molecule has 4 nitrogen and oxygen atoms in total. The standard InChI is InChI=1S/C15H16Cl4O4/c1-22-13(20)9-5-3-4-6(10(9)14(21)23-2)8-7(5)11(12(8)16)15(17,18)19/h3-12H,1-2H3/t5-,6+,7-,8-,9+,10-,11-,12-/m1/s1. The minimum atomic E-state index is -1.51. The molecule has 23 heavy (non-hydrogen) atoms. The maximum absolute atomic E-state index is 12.3. The molecule has 2 saturated carbocycles.